The maximum Gasteiger partial charge on any atom is 0.272 e. The zero-order chi connectivity index (χ0) is 15.6. The summed E-state index contributed by atoms with van der Waals surface area (Å²) in [5.74, 6) is 0. The summed E-state index contributed by atoms with van der Waals surface area (Å²) in [6.07, 6.45) is 0. The number of anilines is 1. The number of nitro groups is 1. The van der Waals surface area contributed by atoms with Gasteiger partial charge in [0.2, 0.25) is 0 Å². The van der Waals surface area contributed by atoms with E-state index in [1.165, 1.54) is 11.1 Å². The van der Waals surface area contributed by atoms with Crippen LogP contribution in [0.25, 0.3) is 0 Å². The average molecular weight is 284 g/mol. The molecule has 0 fully saturated rings. The third kappa shape index (κ3) is 3.60. The fraction of sp³-hybridized carbons (Fsp3) is 0.294. The van der Waals surface area contributed by atoms with Crippen LogP contribution in [0.3, 0.4) is 0 Å². The van der Waals surface area contributed by atoms with Crippen molar-refractivity contribution in [3.63, 3.8) is 0 Å². The Kier molecular flexibility index (Phi) is 4.26. The summed E-state index contributed by atoms with van der Waals surface area (Å²) in [6, 6.07) is 11.7. The fourth-order valence-corrected chi connectivity index (χ4v) is 2.48. The average Bonchev–Trinajstić information content (AvgIpc) is 2.37. The van der Waals surface area contributed by atoms with E-state index in [1.807, 2.05) is 13.0 Å². The Hall–Kier alpha value is -2.36. The molecule has 0 bridgehead atoms. The minimum atomic E-state index is -0.331. The van der Waals surface area contributed by atoms with Gasteiger partial charge in [-0.05, 0) is 56.5 Å². The van der Waals surface area contributed by atoms with Gasteiger partial charge in [0.25, 0.3) is 5.69 Å². The zero-order valence-electron chi connectivity index (χ0n) is 12.8. The number of nitrogens with one attached hydrogen (secondary N) is 1. The predicted octanol–water partition coefficient (Wildman–Crippen LogP) is 4.69. The molecule has 0 aliphatic carbocycles. The van der Waals surface area contributed by atoms with Crippen molar-refractivity contribution in [2.45, 2.75) is 33.7 Å². The van der Waals surface area contributed by atoms with Gasteiger partial charge in [-0.3, -0.25) is 10.1 Å². The number of aryl methyl sites for hydroxylation is 3. The number of benzene rings is 2. The van der Waals surface area contributed by atoms with E-state index in [2.05, 4.69) is 37.4 Å². The van der Waals surface area contributed by atoms with Gasteiger partial charge in [-0.15, -0.1) is 0 Å². The molecule has 0 aliphatic rings. The Morgan fingerprint density at radius 3 is 2.24 bits per heavy atom. The Bertz CT molecular complexity index is 660. The van der Waals surface area contributed by atoms with Gasteiger partial charge in [-0.25, -0.2) is 0 Å². The lowest BCUT2D eigenvalue weighted by atomic mass is 10.0. The summed E-state index contributed by atoms with van der Waals surface area (Å²) in [7, 11) is 0. The second-order valence-corrected chi connectivity index (χ2v) is 5.55. The van der Waals surface area contributed by atoms with Crippen molar-refractivity contribution in [2.75, 3.05) is 5.32 Å². The summed E-state index contributed by atoms with van der Waals surface area (Å²) in [5, 5.41) is 14.4. The summed E-state index contributed by atoms with van der Waals surface area (Å²) in [6.45, 7) is 7.87. The number of rotatable bonds is 4. The predicted molar refractivity (Wildman–Crippen MR) is 85.8 cm³/mol. The van der Waals surface area contributed by atoms with E-state index in [-0.39, 0.29) is 16.7 Å². The standard InChI is InChI=1S/C17H20N2O2/c1-11-7-12(2)9-16(8-11)18-14(4)15-6-5-13(3)17(10-15)19(20)21/h5-10,14,18H,1-4H3. The fourth-order valence-electron chi connectivity index (χ4n) is 2.48. The van der Waals surface area contributed by atoms with Gasteiger partial charge in [-0.2, -0.15) is 0 Å². The van der Waals surface area contributed by atoms with Crippen molar-refractivity contribution in [3.05, 3.63) is 68.8 Å². The molecule has 4 nitrogen and oxygen atoms in total. The van der Waals surface area contributed by atoms with Gasteiger partial charge in [0.1, 0.15) is 0 Å². The minimum absolute atomic E-state index is 0.00509. The van der Waals surface area contributed by atoms with Gasteiger partial charge in [0.15, 0.2) is 0 Å². The lowest BCUT2D eigenvalue weighted by Crippen LogP contribution is -2.07. The van der Waals surface area contributed by atoms with Crippen LogP contribution < -0.4 is 5.32 Å². The van der Waals surface area contributed by atoms with Crippen LogP contribution in [0, 0.1) is 30.9 Å². The highest BCUT2D eigenvalue weighted by molar-refractivity contribution is 5.51. The number of nitro benzene ring substituents is 1. The number of hydrogen-bond donors (Lipinski definition) is 1. The van der Waals surface area contributed by atoms with Crippen molar-refractivity contribution in [3.8, 4) is 0 Å². The molecule has 0 saturated heterocycles. The van der Waals surface area contributed by atoms with Crippen LogP contribution in [0.2, 0.25) is 0 Å². The third-order valence-electron chi connectivity index (χ3n) is 3.53. The quantitative estimate of drug-likeness (QED) is 0.654. The molecule has 0 aromatic heterocycles. The van der Waals surface area contributed by atoms with Crippen LogP contribution in [0.5, 0.6) is 0 Å². The highest BCUT2D eigenvalue weighted by Gasteiger charge is 2.14. The highest BCUT2D eigenvalue weighted by atomic mass is 16.6. The van der Waals surface area contributed by atoms with Crippen molar-refractivity contribution in [1.82, 2.24) is 0 Å². The molecule has 1 unspecified atom stereocenters. The molecule has 0 heterocycles. The Labute approximate surface area is 125 Å². The second kappa shape index (κ2) is 5.95. The smallest absolute Gasteiger partial charge is 0.272 e. The Morgan fingerprint density at radius 2 is 1.67 bits per heavy atom. The van der Waals surface area contributed by atoms with E-state index in [1.54, 1.807) is 19.1 Å². The van der Waals surface area contributed by atoms with Crippen molar-refractivity contribution in [2.24, 2.45) is 0 Å². The van der Waals surface area contributed by atoms with Crippen LogP contribution in [-0.2, 0) is 0 Å². The van der Waals surface area contributed by atoms with E-state index in [4.69, 9.17) is 0 Å². The van der Waals surface area contributed by atoms with Crippen molar-refractivity contribution < 1.29 is 4.92 Å². The zero-order valence-corrected chi connectivity index (χ0v) is 12.8. The summed E-state index contributed by atoms with van der Waals surface area (Å²) in [4.78, 5) is 10.7. The first kappa shape index (κ1) is 15.0. The van der Waals surface area contributed by atoms with Crippen molar-refractivity contribution >= 4 is 11.4 Å². The number of nitrogens with zero attached hydrogens (tertiary/aromatic N) is 1. The lowest BCUT2D eigenvalue weighted by molar-refractivity contribution is -0.385. The molecule has 0 spiro atoms. The molecule has 4 heteroatoms. The van der Waals surface area contributed by atoms with Crippen LogP contribution in [0.1, 0.15) is 35.2 Å². The number of hydrogen-bond acceptors (Lipinski definition) is 3. The normalized spacial score (nSPS) is 12.0. The lowest BCUT2D eigenvalue weighted by Gasteiger charge is -2.17. The minimum Gasteiger partial charge on any atom is -0.379 e. The SMILES string of the molecule is Cc1cc(C)cc(NC(C)c2ccc(C)c([N+](=O)[O-])c2)c1. The molecule has 1 atom stereocenters. The van der Waals surface area contributed by atoms with Gasteiger partial charge in [0.05, 0.1) is 4.92 Å². The summed E-state index contributed by atoms with van der Waals surface area (Å²) >= 11 is 0. The molecule has 0 amide bonds. The molecule has 1 N–H and O–H groups in total. The van der Waals surface area contributed by atoms with Crippen LogP contribution >= 0.6 is 0 Å². The first-order chi connectivity index (χ1) is 9.86. The topological polar surface area (TPSA) is 55.2 Å². The van der Waals surface area contributed by atoms with Crippen LogP contribution in [-0.4, -0.2) is 4.92 Å². The molecule has 21 heavy (non-hydrogen) atoms. The molecular formula is C17H20N2O2. The van der Waals surface area contributed by atoms with Gasteiger partial charge in [-0.1, -0.05) is 18.2 Å². The summed E-state index contributed by atoms with van der Waals surface area (Å²) < 4.78 is 0. The summed E-state index contributed by atoms with van der Waals surface area (Å²) in [5.41, 5.74) is 5.18. The van der Waals surface area contributed by atoms with Gasteiger partial charge < -0.3 is 5.32 Å². The molecule has 0 aliphatic heterocycles. The molecule has 2 aromatic carbocycles. The van der Waals surface area contributed by atoms with E-state index in [0.29, 0.717) is 5.56 Å². The maximum absolute atomic E-state index is 11.0. The van der Waals surface area contributed by atoms with E-state index in [0.717, 1.165) is 11.3 Å². The molecule has 0 radical (unpaired) electrons. The van der Waals surface area contributed by atoms with E-state index < -0.39 is 0 Å². The van der Waals surface area contributed by atoms with Gasteiger partial charge in [0, 0.05) is 23.4 Å². The van der Waals surface area contributed by atoms with E-state index in [9.17, 15) is 10.1 Å². The molecule has 0 saturated carbocycles. The third-order valence-corrected chi connectivity index (χ3v) is 3.53. The monoisotopic (exact) mass is 284 g/mol. The molecule has 2 rings (SSSR count). The highest BCUT2D eigenvalue weighted by Crippen LogP contribution is 2.26. The van der Waals surface area contributed by atoms with E-state index >= 15 is 0 Å². The van der Waals surface area contributed by atoms with Gasteiger partial charge >= 0.3 is 0 Å². The first-order valence-electron chi connectivity index (χ1n) is 6.96. The Morgan fingerprint density at radius 1 is 1.05 bits per heavy atom. The van der Waals surface area contributed by atoms with Crippen molar-refractivity contribution in [1.29, 1.82) is 0 Å². The first-order valence-corrected chi connectivity index (χ1v) is 6.96. The largest absolute Gasteiger partial charge is 0.379 e. The maximum atomic E-state index is 11.0. The van der Waals surface area contributed by atoms with Crippen LogP contribution in [0.15, 0.2) is 36.4 Å². The molecule has 2 aromatic rings. The van der Waals surface area contributed by atoms with Crippen LogP contribution in [0.4, 0.5) is 11.4 Å². The molecular weight excluding hydrogens is 264 g/mol. The molecule has 110 valence electrons. The second-order valence-electron chi connectivity index (χ2n) is 5.55. The Balaban J connectivity index is 2.26.